The molecule has 0 aliphatic heterocycles. The highest BCUT2D eigenvalue weighted by molar-refractivity contribution is 7.90. The lowest BCUT2D eigenvalue weighted by atomic mass is 9.96. The highest BCUT2D eigenvalue weighted by Gasteiger charge is 2.47. The fraction of sp³-hybridized carbons (Fsp3) is 0.400. The molecule has 1 aliphatic carbocycles. The Hall–Kier alpha value is -2.90. The zero-order valence-electron chi connectivity index (χ0n) is 19.4. The molecule has 1 N–H and O–H groups in total. The van der Waals surface area contributed by atoms with Crippen molar-refractivity contribution in [2.75, 3.05) is 0 Å². The van der Waals surface area contributed by atoms with E-state index in [0.29, 0.717) is 36.0 Å². The van der Waals surface area contributed by atoms with Crippen molar-refractivity contribution in [2.24, 2.45) is 5.41 Å². The minimum Gasteiger partial charge on any atom is -0.347 e. The Morgan fingerprint density at radius 1 is 1.17 bits per heavy atom. The first-order valence-corrected chi connectivity index (χ1v) is 12.7. The first kappa shape index (κ1) is 25.2. The molecule has 0 amide bonds. The third kappa shape index (κ3) is 5.21. The van der Waals surface area contributed by atoms with Gasteiger partial charge in [0, 0.05) is 34.8 Å². The SMILES string of the molecule is CC(C)(C)Cn1cc([C@H](NS(=O)(=O)C2CC2)C(F)(F)F)c2ccc(-c3cccc(F)c3C#N)cc21. The molecule has 3 aromatic rings. The van der Waals surface area contributed by atoms with Crippen molar-refractivity contribution in [3.8, 4) is 17.2 Å². The minimum atomic E-state index is -4.86. The second-order valence-corrected chi connectivity index (χ2v) is 12.1. The molecule has 1 fully saturated rings. The van der Waals surface area contributed by atoms with E-state index in [9.17, 15) is 31.2 Å². The quantitative estimate of drug-likeness (QED) is 0.413. The number of aromatic nitrogens is 1. The maximum Gasteiger partial charge on any atom is 0.408 e. The number of sulfonamides is 1. The summed E-state index contributed by atoms with van der Waals surface area (Å²) in [4.78, 5) is 0. The van der Waals surface area contributed by atoms with E-state index in [1.54, 1.807) is 16.7 Å². The maximum absolute atomic E-state index is 14.2. The zero-order chi connectivity index (χ0) is 25.8. The number of nitrogens with one attached hydrogen (secondary N) is 1. The molecule has 2 aromatic carbocycles. The van der Waals surface area contributed by atoms with Crippen molar-refractivity contribution in [3.05, 3.63) is 59.5 Å². The van der Waals surface area contributed by atoms with Crippen LogP contribution in [0, 0.1) is 22.6 Å². The van der Waals surface area contributed by atoms with Crippen LogP contribution in [0.15, 0.2) is 42.6 Å². The Balaban J connectivity index is 1.92. The smallest absolute Gasteiger partial charge is 0.347 e. The number of nitrogens with zero attached hydrogens (tertiary/aromatic N) is 2. The first-order chi connectivity index (χ1) is 16.2. The lowest BCUT2D eigenvalue weighted by molar-refractivity contribution is -0.152. The Bertz CT molecular complexity index is 1430. The third-order valence-electron chi connectivity index (χ3n) is 5.88. The normalized spacial score (nSPS) is 15.8. The van der Waals surface area contributed by atoms with E-state index in [1.807, 2.05) is 31.6 Å². The molecule has 1 atom stereocenters. The predicted octanol–water partition coefficient (Wildman–Crippen LogP) is 6.05. The largest absolute Gasteiger partial charge is 0.408 e. The van der Waals surface area contributed by atoms with Gasteiger partial charge in [-0.3, -0.25) is 0 Å². The van der Waals surface area contributed by atoms with Gasteiger partial charge in [0.2, 0.25) is 10.0 Å². The highest BCUT2D eigenvalue weighted by atomic mass is 32.2. The molecule has 1 aromatic heterocycles. The number of fused-ring (bicyclic) bond motifs is 1. The van der Waals surface area contributed by atoms with Crippen LogP contribution in [-0.4, -0.2) is 24.4 Å². The second-order valence-electron chi connectivity index (χ2n) is 10.1. The molecule has 1 saturated carbocycles. The molecule has 0 spiro atoms. The number of hydrogen-bond donors (Lipinski definition) is 1. The van der Waals surface area contributed by atoms with Gasteiger partial charge in [-0.25, -0.2) is 12.8 Å². The van der Waals surface area contributed by atoms with Crippen LogP contribution in [0.2, 0.25) is 0 Å². The van der Waals surface area contributed by atoms with Crippen LogP contribution in [0.1, 0.15) is 50.8 Å². The van der Waals surface area contributed by atoms with Gasteiger partial charge in [-0.2, -0.15) is 23.2 Å². The van der Waals surface area contributed by atoms with Crippen molar-refractivity contribution in [1.82, 2.24) is 9.29 Å². The topological polar surface area (TPSA) is 74.9 Å². The van der Waals surface area contributed by atoms with E-state index in [2.05, 4.69) is 0 Å². The van der Waals surface area contributed by atoms with Crippen molar-refractivity contribution < 1.29 is 26.0 Å². The van der Waals surface area contributed by atoms with Crippen LogP contribution < -0.4 is 4.72 Å². The molecule has 0 radical (unpaired) electrons. The Labute approximate surface area is 201 Å². The van der Waals surface area contributed by atoms with Crippen LogP contribution >= 0.6 is 0 Å². The zero-order valence-corrected chi connectivity index (χ0v) is 20.3. The summed E-state index contributed by atoms with van der Waals surface area (Å²) < 4.78 is 85.2. The number of halogens is 4. The molecule has 10 heteroatoms. The van der Waals surface area contributed by atoms with Crippen molar-refractivity contribution in [1.29, 1.82) is 5.26 Å². The molecule has 0 saturated heterocycles. The Morgan fingerprint density at radius 2 is 1.86 bits per heavy atom. The Kier molecular flexibility index (Phi) is 6.22. The monoisotopic (exact) mass is 507 g/mol. The number of nitriles is 1. The van der Waals surface area contributed by atoms with Crippen molar-refractivity contribution >= 4 is 20.9 Å². The molecule has 1 heterocycles. The van der Waals surface area contributed by atoms with E-state index in [0.717, 1.165) is 0 Å². The van der Waals surface area contributed by atoms with Gasteiger partial charge in [-0.15, -0.1) is 0 Å². The van der Waals surface area contributed by atoms with Crippen LogP contribution in [0.3, 0.4) is 0 Å². The van der Waals surface area contributed by atoms with Gasteiger partial charge in [-0.05, 0) is 36.0 Å². The molecule has 0 bridgehead atoms. The summed E-state index contributed by atoms with van der Waals surface area (Å²) in [6.45, 7) is 6.14. The molecular weight excluding hydrogens is 482 g/mol. The number of hydrogen-bond acceptors (Lipinski definition) is 3. The standard InChI is InChI=1S/C25H25F4N3O2S/c1-24(2,3)14-32-13-20(23(25(27,28)29)31-35(33,34)16-8-9-16)18-10-7-15(11-22(18)32)17-5-4-6-21(26)19(17)12-30/h4-7,10-11,13,16,23,31H,8-9,14H2,1-3H3/t23-/m0/s1. The van der Waals surface area contributed by atoms with Gasteiger partial charge >= 0.3 is 6.18 Å². The molecule has 35 heavy (non-hydrogen) atoms. The van der Waals surface area contributed by atoms with Gasteiger partial charge in [0.1, 0.15) is 17.9 Å². The van der Waals surface area contributed by atoms with E-state index < -0.39 is 33.3 Å². The Morgan fingerprint density at radius 3 is 2.43 bits per heavy atom. The van der Waals surface area contributed by atoms with Crippen molar-refractivity contribution in [2.45, 2.75) is 57.6 Å². The summed E-state index contributed by atoms with van der Waals surface area (Å²) in [7, 11) is -4.13. The van der Waals surface area contributed by atoms with Gasteiger partial charge in [0.15, 0.2) is 0 Å². The first-order valence-electron chi connectivity index (χ1n) is 11.1. The highest BCUT2D eigenvalue weighted by Crippen LogP contribution is 2.41. The molecule has 4 rings (SSSR count). The van der Waals surface area contributed by atoms with Crippen LogP contribution in [0.25, 0.3) is 22.0 Å². The summed E-state index contributed by atoms with van der Waals surface area (Å²) in [5.41, 5.74) is 0.549. The summed E-state index contributed by atoms with van der Waals surface area (Å²) in [6, 6.07) is 8.23. The second kappa shape index (κ2) is 8.64. The lowest BCUT2D eigenvalue weighted by Crippen LogP contribution is -2.39. The van der Waals surface area contributed by atoms with Gasteiger partial charge < -0.3 is 4.57 Å². The van der Waals surface area contributed by atoms with Crippen molar-refractivity contribution in [3.63, 3.8) is 0 Å². The lowest BCUT2D eigenvalue weighted by Gasteiger charge is -2.22. The molecule has 5 nitrogen and oxygen atoms in total. The predicted molar refractivity (Wildman–Crippen MR) is 125 cm³/mol. The molecule has 0 unspecified atom stereocenters. The summed E-state index contributed by atoms with van der Waals surface area (Å²) >= 11 is 0. The van der Waals surface area contributed by atoms with Crippen LogP contribution in [-0.2, 0) is 16.6 Å². The van der Waals surface area contributed by atoms with E-state index >= 15 is 0 Å². The van der Waals surface area contributed by atoms with Crippen LogP contribution in [0.4, 0.5) is 17.6 Å². The van der Waals surface area contributed by atoms with Crippen LogP contribution in [0.5, 0.6) is 0 Å². The number of rotatable bonds is 6. The number of alkyl halides is 3. The average molecular weight is 508 g/mol. The number of benzene rings is 2. The van der Waals surface area contributed by atoms with Gasteiger partial charge in [0.05, 0.1) is 10.8 Å². The minimum absolute atomic E-state index is 0.161. The molecular formula is C25H25F4N3O2S. The fourth-order valence-corrected chi connectivity index (χ4v) is 5.72. The molecule has 186 valence electrons. The summed E-state index contributed by atoms with van der Waals surface area (Å²) in [5, 5.41) is 8.84. The van der Waals surface area contributed by atoms with E-state index in [1.165, 1.54) is 30.5 Å². The van der Waals surface area contributed by atoms with E-state index in [4.69, 9.17) is 0 Å². The average Bonchev–Trinajstić information content (AvgIpc) is 3.55. The van der Waals surface area contributed by atoms with Gasteiger partial charge in [0.25, 0.3) is 0 Å². The maximum atomic E-state index is 14.2. The summed E-state index contributed by atoms with van der Waals surface area (Å²) in [5.74, 6) is -0.692. The third-order valence-corrected chi connectivity index (χ3v) is 7.79. The fourth-order valence-electron chi connectivity index (χ4n) is 4.18. The van der Waals surface area contributed by atoms with E-state index in [-0.39, 0.29) is 21.9 Å². The summed E-state index contributed by atoms with van der Waals surface area (Å²) in [6.07, 6.45) is -2.85. The molecule has 1 aliphatic rings. The van der Waals surface area contributed by atoms with Gasteiger partial charge in [-0.1, -0.05) is 45.0 Å².